The molecule has 30 rings (SSSR count). The number of hydrogen-bond donors (Lipinski definition) is 0. The normalized spacial score (nSPS) is 11.9. The zero-order valence-corrected chi connectivity index (χ0v) is 78.7. The van der Waals surface area contributed by atoms with Gasteiger partial charge in [0.25, 0.3) is 0 Å². The molecule has 0 unspecified atom stereocenters. The van der Waals surface area contributed by atoms with Crippen molar-refractivity contribution >= 4 is 194 Å². The molecule has 6 heterocycles. The van der Waals surface area contributed by atoms with E-state index in [2.05, 4.69) is 443 Å². The van der Waals surface area contributed by atoms with Crippen molar-refractivity contribution in [2.75, 3.05) is 0 Å². The van der Waals surface area contributed by atoms with Gasteiger partial charge in [0.15, 0.2) is 0 Å². The Labute approximate surface area is 835 Å². The van der Waals surface area contributed by atoms with Crippen LogP contribution in [0.5, 0.6) is 0 Å². The molecule has 0 atom stereocenters. The van der Waals surface area contributed by atoms with Gasteiger partial charge in [0.1, 0.15) is 0 Å². The van der Waals surface area contributed by atoms with Crippen LogP contribution in [-0.2, 0) is 0 Å². The lowest BCUT2D eigenvalue weighted by Crippen LogP contribution is -1.93. The average molecular weight is 1860 g/mol. The fourth-order valence-electron chi connectivity index (χ4n) is 22.3. The van der Waals surface area contributed by atoms with Gasteiger partial charge in [-0.2, -0.15) is 0 Å². The second-order valence-corrected chi connectivity index (χ2v) is 38.6. The van der Waals surface area contributed by atoms with Gasteiger partial charge in [0, 0.05) is 102 Å². The summed E-state index contributed by atoms with van der Waals surface area (Å²) in [4.78, 5) is 52.4. The molecule has 0 fully saturated rings. The summed E-state index contributed by atoms with van der Waals surface area (Å²) in [5.74, 6) is 0. The molecule has 0 N–H and O–H groups in total. The van der Waals surface area contributed by atoms with E-state index in [1.807, 2.05) is 42.3 Å². The maximum absolute atomic E-state index is 5.38. The summed E-state index contributed by atoms with van der Waals surface area (Å²) >= 11 is 1.86. The van der Waals surface area contributed by atoms with E-state index in [4.69, 9.17) is 49.8 Å². The van der Waals surface area contributed by atoms with Crippen molar-refractivity contribution in [3.05, 3.63) is 474 Å². The molecule has 11 heteroatoms. The fraction of sp³-hybridized carbons (Fsp3) is 0. The van der Waals surface area contributed by atoms with Crippen LogP contribution in [0.2, 0.25) is 0 Å². The highest BCUT2D eigenvalue weighted by Gasteiger charge is 2.24. The predicted molar refractivity (Wildman–Crippen MR) is 606 cm³/mol. The van der Waals surface area contributed by atoms with Crippen molar-refractivity contribution in [3.8, 4) is 123 Å². The molecule has 30 aromatic rings. The third-order valence-corrected chi connectivity index (χ3v) is 30.4. The third-order valence-electron chi connectivity index (χ3n) is 29.2. The van der Waals surface area contributed by atoms with Crippen LogP contribution in [0.15, 0.2) is 474 Å². The number of thiophene rings is 1. The summed E-state index contributed by atoms with van der Waals surface area (Å²) in [6.07, 6.45) is 9.62. The van der Waals surface area contributed by atoms with Crippen LogP contribution in [0.1, 0.15) is 0 Å². The van der Waals surface area contributed by atoms with Crippen molar-refractivity contribution in [1.82, 2.24) is 49.8 Å². The zero-order chi connectivity index (χ0) is 95.3. The van der Waals surface area contributed by atoms with Gasteiger partial charge in [-0.15, -0.1) is 11.3 Å². The summed E-state index contributed by atoms with van der Waals surface area (Å²) < 4.78 is 2.57. The molecule has 0 aliphatic heterocycles. The maximum Gasteiger partial charge on any atom is 0.0979 e. The molecule has 6 aromatic heterocycles. The molecular weight excluding hydrogens is 1780 g/mol. The highest BCUT2D eigenvalue weighted by molar-refractivity contribution is 7.26. The van der Waals surface area contributed by atoms with Gasteiger partial charge >= 0.3 is 0 Å². The van der Waals surface area contributed by atoms with Crippen LogP contribution in [0.25, 0.3) is 306 Å². The van der Waals surface area contributed by atoms with E-state index in [1.54, 1.807) is 0 Å². The zero-order valence-electron chi connectivity index (χ0n) is 77.9. The average Bonchev–Trinajstić information content (AvgIpc) is 1.36. The molecule has 0 amide bonds. The lowest BCUT2D eigenvalue weighted by molar-refractivity contribution is 1.31. The summed E-state index contributed by atoms with van der Waals surface area (Å²) in [5, 5.41) is 25.3. The number of rotatable bonds is 11. The van der Waals surface area contributed by atoms with E-state index in [0.717, 1.165) is 227 Å². The summed E-state index contributed by atoms with van der Waals surface area (Å²) in [6.45, 7) is 0. The first-order valence-corrected chi connectivity index (χ1v) is 49.7. The minimum atomic E-state index is 0.816. The lowest BCUT2D eigenvalue weighted by Gasteiger charge is -2.14. The molecule has 0 radical (unpaired) electrons. The van der Waals surface area contributed by atoms with Crippen molar-refractivity contribution < 1.29 is 0 Å². The van der Waals surface area contributed by atoms with Gasteiger partial charge < -0.3 is 0 Å². The molecule has 145 heavy (non-hydrogen) atoms. The first kappa shape index (κ1) is 82.8. The number of hydrogen-bond acceptors (Lipinski definition) is 11. The van der Waals surface area contributed by atoms with E-state index < -0.39 is 0 Å². The number of nitrogens with zero attached hydrogens (tertiary/aromatic N) is 10. The van der Waals surface area contributed by atoms with E-state index >= 15 is 0 Å². The Balaban J connectivity index is 0.000000139. The predicted octanol–water partition coefficient (Wildman–Crippen LogP) is 35.3. The molecular formula is C134H78N10S. The number of aromatic nitrogens is 10. The number of benzene rings is 24. The van der Waals surface area contributed by atoms with Crippen LogP contribution in [0.3, 0.4) is 0 Å². The van der Waals surface area contributed by atoms with E-state index in [-0.39, 0.29) is 0 Å². The Morgan fingerprint density at radius 1 is 0.124 bits per heavy atom. The first-order chi connectivity index (χ1) is 71.8. The van der Waals surface area contributed by atoms with Crippen LogP contribution in [-0.4, -0.2) is 49.8 Å². The monoisotopic (exact) mass is 1860 g/mol. The minimum absolute atomic E-state index is 0.816. The molecule has 0 spiro atoms. The second-order valence-electron chi connectivity index (χ2n) is 37.5. The summed E-state index contributed by atoms with van der Waals surface area (Å²) in [7, 11) is 0. The largest absolute Gasteiger partial charge is 0.252 e. The molecule has 24 aromatic carbocycles. The molecule has 0 aliphatic rings. The topological polar surface area (TPSA) is 129 Å². The maximum atomic E-state index is 5.38. The van der Waals surface area contributed by atoms with Crippen LogP contribution < -0.4 is 0 Å². The van der Waals surface area contributed by atoms with Gasteiger partial charge in [-0.3, -0.25) is 24.9 Å². The Hall–Kier alpha value is -19.2. The molecule has 670 valence electrons. The van der Waals surface area contributed by atoms with Gasteiger partial charge in [-0.25, -0.2) is 24.9 Å². The van der Waals surface area contributed by atoms with E-state index in [0.29, 0.717) is 0 Å². The standard InChI is InChI=1S/C72H42N6.C62H36N4S/c1-7-28-58-52(22-1)55-25-4-10-31-61(55)70-67(58)73-40-64(76-70)46-19-13-16-43(34-46)49-37-50(44-17-14-20-47(35-44)65-41-74-68-59-29-8-2-23-53(59)56-26-5-11-32-62(56)71(68)77-65)39-51(38-49)45-18-15-21-48(36-45)66-42-75-69-60-30-9-3-24-54(60)57-27-6-12-33-63(57)72(69)78-66;1-5-23-50-45(18-1)47-20-3-7-25-52(47)60-58(50)63-35-55(65-60)39-16-11-14-37(30-39)41-32-42(34-43(33-41)44-27-13-28-54-49-22-9-10-29-57(49)67-62(44)54)38-15-12-17-40(31-38)56-36-64-59-51-24-6-2-19-46(51)48-21-4-8-26-53(48)61(59)66-56/h1-42H;1-36H. The Kier molecular flexibility index (Phi) is 19.3. The second kappa shape index (κ2) is 33.8. The van der Waals surface area contributed by atoms with Gasteiger partial charge in [0.2, 0.25) is 0 Å². The Morgan fingerprint density at radius 2 is 0.297 bits per heavy atom. The van der Waals surface area contributed by atoms with Crippen molar-refractivity contribution in [1.29, 1.82) is 0 Å². The van der Waals surface area contributed by atoms with Crippen LogP contribution in [0.4, 0.5) is 0 Å². The van der Waals surface area contributed by atoms with Crippen molar-refractivity contribution in [3.63, 3.8) is 0 Å². The van der Waals surface area contributed by atoms with Crippen LogP contribution in [0, 0.1) is 0 Å². The lowest BCUT2D eigenvalue weighted by atomic mass is 9.91. The summed E-state index contributed by atoms with van der Waals surface area (Å²) in [5.41, 5.74) is 31.4. The van der Waals surface area contributed by atoms with Crippen molar-refractivity contribution in [2.24, 2.45) is 0 Å². The first-order valence-electron chi connectivity index (χ1n) is 48.9. The molecule has 0 bridgehead atoms. The van der Waals surface area contributed by atoms with Gasteiger partial charge in [0.05, 0.1) is 115 Å². The quantitative estimate of drug-likeness (QED) is 0.115. The number of fused-ring (bicyclic) bond motifs is 33. The molecule has 10 nitrogen and oxygen atoms in total. The highest BCUT2D eigenvalue weighted by atomic mass is 32.1. The van der Waals surface area contributed by atoms with Gasteiger partial charge in [-0.05, 0) is 193 Å². The highest BCUT2D eigenvalue weighted by Crippen LogP contribution is 2.48. The molecule has 0 aliphatic carbocycles. The van der Waals surface area contributed by atoms with E-state index in [1.165, 1.54) is 79.6 Å². The van der Waals surface area contributed by atoms with Crippen LogP contribution >= 0.6 is 11.3 Å². The third kappa shape index (κ3) is 14.0. The Bertz CT molecular complexity index is 9830. The fourth-order valence-corrected chi connectivity index (χ4v) is 23.6. The van der Waals surface area contributed by atoms with E-state index in [9.17, 15) is 0 Å². The SMILES string of the molecule is c1cc(-c2cc(-c3cccc(-c4cnc5c6ccccc6c6ccccc6c5n4)c3)cc(-c3cccc(-c4cnc5c6ccccc6c6ccccc6c5n4)c3)c2)cc(-c2cnc3c4ccccc4c4ccccc4c3n2)c1.c1cc(-c2cc(-c3cccc(-c4cnc5c6ccccc6c6ccccc6c5n4)c3)cc(-c3cccc4c3sc3ccccc34)c2)cc(-c2cnc3c4ccccc4c4ccccc4c3n2)c1. The minimum Gasteiger partial charge on any atom is -0.252 e. The molecule has 0 saturated carbocycles. The van der Waals surface area contributed by atoms with Crippen molar-refractivity contribution in [2.45, 2.75) is 0 Å². The summed E-state index contributed by atoms with van der Waals surface area (Å²) in [6, 6.07) is 158. The Morgan fingerprint density at radius 3 is 0.531 bits per heavy atom. The molecule has 0 saturated heterocycles. The smallest absolute Gasteiger partial charge is 0.0979 e. The van der Waals surface area contributed by atoms with Gasteiger partial charge in [-0.1, -0.05) is 370 Å².